The third-order valence-electron chi connectivity index (χ3n) is 5.11. The Hall–Kier alpha value is -3.09. The van der Waals surface area contributed by atoms with Crippen LogP contribution < -0.4 is 24.3 Å². The Morgan fingerprint density at radius 2 is 1.83 bits per heavy atom. The molecular formula is C23H30N2O5. The summed E-state index contributed by atoms with van der Waals surface area (Å²) in [5, 5.41) is 3.14. The highest BCUT2D eigenvalue weighted by Gasteiger charge is 2.23. The van der Waals surface area contributed by atoms with E-state index in [0.717, 1.165) is 16.9 Å². The molecule has 1 aliphatic heterocycles. The second-order valence-electron chi connectivity index (χ2n) is 7.58. The molecule has 0 fully saturated rings. The number of nitrogens with one attached hydrogen (secondary N) is 1. The van der Waals surface area contributed by atoms with Gasteiger partial charge in [0.2, 0.25) is 0 Å². The fraction of sp³-hybridized carbons (Fsp3) is 0.435. The smallest absolute Gasteiger partial charge is 0.317 e. The van der Waals surface area contributed by atoms with E-state index >= 15 is 0 Å². The molecule has 0 spiro atoms. The molecule has 2 amide bonds. The molecule has 0 saturated heterocycles. The largest absolute Gasteiger partial charge is 0.493 e. The van der Waals surface area contributed by atoms with Crippen LogP contribution in [0.4, 0.5) is 4.79 Å². The van der Waals surface area contributed by atoms with Gasteiger partial charge in [-0.05, 0) is 29.7 Å². The predicted molar refractivity (Wildman–Crippen MR) is 115 cm³/mol. The molecule has 0 radical (unpaired) electrons. The van der Waals surface area contributed by atoms with Gasteiger partial charge in [0.25, 0.3) is 0 Å². The molecule has 0 bridgehead atoms. The number of fused-ring (bicyclic) bond motifs is 1. The van der Waals surface area contributed by atoms with E-state index in [1.165, 1.54) is 0 Å². The van der Waals surface area contributed by atoms with E-state index in [2.05, 4.69) is 19.2 Å². The van der Waals surface area contributed by atoms with E-state index in [4.69, 9.17) is 18.9 Å². The minimum Gasteiger partial charge on any atom is -0.493 e. The molecule has 1 aliphatic rings. The van der Waals surface area contributed by atoms with Crippen molar-refractivity contribution < 1.29 is 23.7 Å². The van der Waals surface area contributed by atoms with Crippen LogP contribution in [-0.2, 0) is 6.54 Å². The maximum atomic E-state index is 13.0. The minimum atomic E-state index is -0.173. The number of para-hydroxylation sites is 1. The van der Waals surface area contributed by atoms with Crippen molar-refractivity contribution in [1.82, 2.24) is 10.2 Å². The lowest BCUT2D eigenvalue weighted by Gasteiger charge is -2.28. The van der Waals surface area contributed by atoms with Crippen molar-refractivity contribution in [2.24, 2.45) is 5.92 Å². The number of methoxy groups -OCH3 is 2. The topological polar surface area (TPSA) is 69.3 Å². The van der Waals surface area contributed by atoms with Crippen LogP contribution in [0, 0.1) is 5.92 Å². The predicted octanol–water partition coefficient (Wildman–Crippen LogP) is 4.01. The number of hydrogen-bond donors (Lipinski definition) is 1. The summed E-state index contributed by atoms with van der Waals surface area (Å²) >= 11 is 0. The van der Waals surface area contributed by atoms with Crippen molar-refractivity contribution in [3.8, 4) is 23.0 Å². The maximum Gasteiger partial charge on any atom is 0.317 e. The third kappa shape index (κ3) is 4.72. The molecule has 30 heavy (non-hydrogen) atoms. The number of carbonyl (C=O) groups is 1. The highest BCUT2D eigenvalue weighted by molar-refractivity contribution is 5.74. The molecule has 1 N–H and O–H groups in total. The van der Waals surface area contributed by atoms with E-state index in [1.54, 1.807) is 26.2 Å². The molecule has 0 aromatic heterocycles. The van der Waals surface area contributed by atoms with Gasteiger partial charge < -0.3 is 29.2 Å². The molecule has 7 nitrogen and oxygen atoms in total. The van der Waals surface area contributed by atoms with Gasteiger partial charge in [-0.15, -0.1) is 0 Å². The van der Waals surface area contributed by atoms with Crippen LogP contribution in [0.3, 0.4) is 0 Å². The zero-order valence-corrected chi connectivity index (χ0v) is 18.2. The SMILES string of the molecule is COc1cccc(CN(C)C(=O)N[C@H](c2ccc3c(c2)OCCO3)C(C)C)c1OC. The Bertz CT molecular complexity index is 884. The van der Waals surface area contributed by atoms with Crippen molar-refractivity contribution in [1.29, 1.82) is 0 Å². The van der Waals surface area contributed by atoms with Gasteiger partial charge in [0.05, 0.1) is 26.8 Å². The normalized spacial score (nSPS) is 13.5. The standard InChI is InChI=1S/C23H30N2O5/c1-15(2)21(16-9-10-18-20(13-16)30-12-11-29-18)24-23(26)25(3)14-17-7-6-8-19(27-4)22(17)28-5/h6-10,13,15,21H,11-12,14H2,1-5H3,(H,24,26)/t21-/m0/s1. The zero-order valence-electron chi connectivity index (χ0n) is 18.2. The minimum absolute atomic E-state index is 0.164. The Balaban J connectivity index is 1.74. The lowest BCUT2D eigenvalue weighted by atomic mass is 9.95. The summed E-state index contributed by atoms with van der Waals surface area (Å²) < 4.78 is 22.1. The fourth-order valence-electron chi connectivity index (χ4n) is 3.54. The van der Waals surface area contributed by atoms with Gasteiger partial charge in [-0.1, -0.05) is 32.0 Å². The molecule has 0 aliphatic carbocycles. The first-order valence-electron chi connectivity index (χ1n) is 10.1. The van der Waals surface area contributed by atoms with Crippen LogP contribution in [0.5, 0.6) is 23.0 Å². The van der Waals surface area contributed by atoms with Crippen LogP contribution in [0.2, 0.25) is 0 Å². The molecule has 2 aromatic rings. The monoisotopic (exact) mass is 414 g/mol. The van der Waals surface area contributed by atoms with Crippen LogP contribution in [0.15, 0.2) is 36.4 Å². The number of urea groups is 1. The summed E-state index contributed by atoms with van der Waals surface area (Å²) in [5.41, 5.74) is 1.85. The highest BCUT2D eigenvalue weighted by atomic mass is 16.6. The van der Waals surface area contributed by atoms with Crippen molar-refractivity contribution in [2.75, 3.05) is 34.5 Å². The van der Waals surface area contributed by atoms with E-state index in [9.17, 15) is 4.79 Å². The summed E-state index contributed by atoms with van der Waals surface area (Å²) in [6.45, 7) is 5.62. The first-order valence-corrected chi connectivity index (χ1v) is 10.1. The van der Waals surface area contributed by atoms with Gasteiger partial charge in [0.1, 0.15) is 13.2 Å². The number of amides is 2. The van der Waals surface area contributed by atoms with Gasteiger partial charge in [0.15, 0.2) is 23.0 Å². The number of ether oxygens (including phenoxy) is 4. The van der Waals surface area contributed by atoms with Gasteiger partial charge in [0, 0.05) is 12.6 Å². The van der Waals surface area contributed by atoms with Crippen LogP contribution in [-0.4, -0.2) is 45.4 Å². The Morgan fingerprint density at radius 1 is 1.10 bits per heavy atom. The van der Waals surface area contributed by atoms with Crippen molar-refractivity contribution in [2.45, 2.75) is 26.4 Å². The summed E-state index contributed by atoms with van der Waals surface area (Å²) in [6, 6.07) is 11.1. The van der Waals surface area contributed by atoms with Crippen molar-refractivity contribution >= 4 is 6.03 Å². The average Bonchev–Trinajstić information content (AvgIpc) is 2.76. The molecule has 1 atom stereocenters. The molecule has 1 heterocycles. The quantitative estimate of drug-likeness (QED) is 0.741. The lowest BCUT2D eigenvalue weighted by Crippen LogP contribution is -2.40. The average molecular weight is 415 g/mol. The summed E-state index contributed by atoms with van der Waals surface area (Å²) in [6.07, 6.45) is 0. The Morgan fingerprint density at radius 3 is 2.50 bits per heavy atom. The Labute approximate surface area is 177 Å². The molecule has 0 saturated carbocycles. The van der Waals surface area contributed by atoms with Crippen molar-refractivity contribution in [3.05, 3.63) is 47.5 Å². The number of hydrogen-bond acceptors (Lipinski definition) is 5. The molecule has 2 aromatic carbocycles. The third-order valence-corrected chi connectivity index (χ3v) is 5.11. The second-order valence-corrected chi connectivity index (χ2v) is 7.58. The lowest BCUT2D eigenvalue weighted by molar-refractivity contribution is 0.171. The molecule has 3 rings (SSSR count). The zero-order chi connectivity index (χ0) is 21.7. The number of nitrogens with zero attached hydrogens (tertiary/aromatic N) is 1. The molecule has 7 heteroatoms. The van der Waals surface area contributed by atoms with E-state index in [0.29, 0.717) is 37.0 Å². The van der Waals surface area contributed by atoms with Gasteiger partial charge in [-0.3, -0.25) is 0 Å². The number of carbonyl (C=O) groups excluding carboxylic acids is 1. The molecule has 162 valence electrons. The van der Waals surface area contributed by atoms with E-state index in [-0.39, 0.29) is 18.0 Å². The first kappa shape index (κ1) is 21.6. The Kier molecular flexibility index (Phi) is 6.92. The number of rotatable bonds is 7. The fourth-order valence-corrected chi connectivity index (χ4v) is 3.54. The maximum absolute atomic E-state index is 13.0. The van der Waals surface area contributed by atoms with E-state index in [1.807, 2.05) is 36.4 Å². The van der Waals surface area contributed by atoms with Gasteiger partial charge in [-0.25, -0.2) is 4.79 Å². The molecular weight excluding hydrogens is 384 g/mol. The van der Waals surface area contributed by atoms with Gasteiger partial charge in [-0.2, -0.15) is 0 Å². The van der Waals surface area contributed by atoms with Crippen molar-refractivity contribution in [3.63, 3.8) is 0 Å². The van der Waals surface area contributed by atoms with Crippen LogP contribution in [0.25, 0.3) is 0 Å². The first-order chi connectivity index (χ1) is 14.4. The van der Waals surface area contributed by atoms with Crippen LogP contribution in [0.1, 0.15) is 31.0 Å². The summed E-state index contributed by atoms with van der Waals surface area (Å²) in [7, 11) is 4.95. The second kappa shape index (κ2) is 9.61. The summed E-state index contributed by atoms with van der Waals surface area (Å²) in [5.74, 6) is 2.91. The van der Waals surface area contributed by atoms with Gasteiger partial charge >= 0.3 is 6.03 Å². The molecule has 0 unspecified atom stereocenters. The van der Waals surface area contributed by atoms with Crippen LogP contribution >= 0.6 is 0 Å². The highest BCUT2D eigenvalue weighted by Crippen LogP contribution is 2.35. The number of benzene rings is 2. The van der Waals surface area contributed by atoms with E-state index < -0.39 is 0 Å². The summed E-state index contributed by atoms with van der Waals surface area (Å²) in [4.78, 5) is 14.6.